The van der Waals surface area contributed by atoms with E-state index in [1.54, 1.807) is 0 Å². The van der Waals surface area contributed by atoms with Crippen molar-refractivity contribution in [2.24, 2.45) is 0 Å². The second-order valence-corrected chi connectivity index (χ2v) is 16.4. The average Bonchev–Trinajstić information content (AvgIpc) is 3.36. The van der Waals surface area contributed by atoms with Gasteiger partial charge in [-0.2, -0.15) is 0 Å². The van der Waals surface area contributed by atoms with Crippen LogP contribution in [0, 0.1) is 0 Å². The van der Waals surface area contributed by atoms with Crippen LogP contribution in [0.3, 0.4) is 0 Å². The first-order valence-corrected chi connectivity index (χ1v) is 21.7. The Bertz CT molecular complexity index is 3670. The van der Waals surface area contributed by atoms with Gasteiger partial charge in [-0.25, -0.2) is 0 Å². The second kappa shape index (κ2) is 15.3. The van der Waals surface area contributed by atoms with Gasteiger partial charge in [-0.05, 0) is 130 Å². The third-order valence-corrected chi connectivity index (χ3v) is 12.8. The number of anilines is 3. The SMILES string of the molecule is c1ccc(-c2ccc(N(c3ccc(-c4cc5ccccc5c5ccccc45)cc3-c3ccc4ccc5ccccc5c4c3)c3ccccc3-c3cccc4ccccc34)cc2)cc1. The lowest BCUT2D eigenvalue weighted by Crippen LogP contribution is -2.12. The molecule has 294 valence electrons. The molecule has 0 heterocycles. The minimum atomic E-state index is 1.08. The zero-order chi connectivity index (χ0) is 41.7. The Morgan fingerprint density at radius 2 is 0.698 bits per heavy atom. The lowest BCUT2D eigenvalue weighted by molar-refractivity contribution is 1.28. The van der Waals surface area contributed by atoms with Crippen molar-refractivity contribution in [3.05, 3.63) is 249 Å². The summed E-state index contributed by atoms with van der Waals surface area (Å²) in [5.74, 6) is 0. The minimum Gasteiger partial charge on any atom is -0.309 e. The van der Waals surface area contributed by atoms with E-state index in [-0.39, 0.29) is 0 Å². The maximum Gasteiger partial charge on any atom is 0.0540 e. The Balaban J connectivity index is 1.15. The summed E-state index contributed by atoms with van der Waals surface area (Å²) in [7, 11) is 0. The van der Waals surface area contributed by atoms with Crippen LogP contribution in [0.25, 0.3) is 98.4 Å². The highest BCUT2D eigenvalue weighted by atomic mass is 15.1. The number of hydrogen-bond donors (Lipinski definition) is 0. The van der Waals surface area contributed by atoms with Gasteiger partial charge >= 0.3 is 0 Å². The number of nitrogens with zero attached hydrogens (tertiary/aromatic N) is 1. The van der Waals surface area contributed by atoms with E-state index in [4.69, 9.17) is 0 Å². The van der Waals surface area contributed by atoms with Crippen molar-refractivity contribution < 1.29 is 0 Å². The van der Waals surface area contributed by atoms with Crippen molar-refractivity contribution in [2.45, 2.75) is 0 Å². The van der Waals surface area contributed by atoms with Crippen molar-refractivity contribution in [3.8, 4) is 44.5 Å². The van der Waals surface area contributed by atoms with E-state index >= 15 is 0 Å². The molecular weight excluding hydrogens is 759 g/mol. The summed E-state index contributed by atoms with van der Waals surface area (Å²) in [6, 6.07) is 91.3. The quantitative estimate of drug-likeness (QED) is 0.145. The molecule has 0 bridgehead atoms. The van der Waals surface area contributed by atoms with Crippen LogP contribution in [-0.2, 0) is 0 Å². The fourth-order valence-corrected chi connectivity index (χ4v) is 9.79. The first kappa shape index (κ1) is 36.6. The van der Waals surface area contributed by atoms with Gasteiger partial charge in [0.15, 0.2) is 0 Å². The lowest BCUT2D eigenvalue weighted by atomic mass is 9.90. The summed E-state index contributed by atoms with van der Waals surface area (Å²) in [6.45, 7) is 0. The van der Waals surface area contributed by atoms with E-state index in [9.17, 15) is 0 Å². The Morgan fingerprint density at radius 3 is 1.49 bits per heavy atom. The van der Waals surface area contributed by atoms with E-state index in [0.717, 1.165) is 28.2 Å². The molecule has 12 aromatic rings. The number of rotatable bonds is 7. The van der Waals surface area contributed by atoms with Gasteiger partial charge in [0.05, 0.1) is 11.4 Å². The third-order valence-electron chi connectivity index (χ3n) is 12.8. The molecular formula is C62H41N. The molecule has 0 N–H and O–H groups in total. The Hall–Kier alpha value is -8.26. The molecule has 1 heteroatoms. The first-order chi connectivity index (χ1) is 31.2. The molecule has 0 aliphatic heterocycles. The van der Waals surface area contributed by atoms with Crippen molar-refractivity contribution in [2.75, 3.05) is 4.90 Å². The van der Waals surface area contributed by atoms with Crippen LogP contribution in [-0.4, -0.2) is 0 Å². The molecule has 0 aliphatic carbocycles. The zero-order valence-electron chi connectivity index (χ0n) is 34.6. The standard InChI is InChI=1S/C62H41N/c1-2-15-42(16-3-1)43-33-36-50(37-34-43)63(61-28-13-12-26-57(61)55-27-14-20-44-17-4-7-21-51(44)55)62-38-35-48(59-39-47-19-6-9-23-53(47)54-24-10-11-25-56(54)59)41-60(62)49-32-31-46-30-29-45-18-5-8-22-52(45)58(46)40-49/h1-41H. The van der Waals surface area contributed by atoms with Gasteiger partial charge in [-0.3, -0.25) is 0 Å². The number of para-hydroxylation sites is 1. The molecule has 0 fully saturated rings. The highest BCUT2D eigenvalue weighted by Gasteiger charge is 2.23. The maximum absolute atomic E-state index is 2.48. The molecule has 0 saturated heterocycles. The van der Waals surface area contributed by atoms with Gasteiger partial charge in [-0.15, -0.1) is 0 Å². The van der Waals surface area contributed by atoms with E-state index in [2.05, 4.69) is 254 Å². The highest BCUT2D eigenvalue weighted by molar-refractivity contribution is 6.15. The highest BCUT2D eigenvalue weighted by Crippen LogP contribution is 2.48. The minimum absolute atomic E-state index is 1.08. The van der Waals surface area contributed by atoms with Gasteiger partial charge in [0.25, 0.3) is 0 Å². The number of benzene rings is 12. The maximum atomic E-state index is 2.48. The Labute approximate surface area is 367 Å². The largest absolute Gasteiger partial charge is 0.309 e. The predicted molar refractivity (Wildman–Crippen MR) is 270 cm³/mol. The summed E-state index contributed by atoms with van der Waals surface area (Å²) >= 11 is 0. The molecule has 12 rings (SSSR count). The zero-order valence-corrected chi connectivity index (χ0v) is 34.6. The molecule has 12 aromatic carbocycles. The first-order valence-electron chi connectivity index (χ1n) is 21.7. The lowest BCUT2D eigenvalue weighted by Gasteiger charge is -2.31. The summed E-state index contributed by atoms with van der Waals surface area (Å²) in [5, 5.41) is 12.4. The summed E-state index contributed by atoms with van der Waals surface area (Å²) in [5.41, 5.74) is 12.8. The van der Waals surface area contributed by atoms with Gasteiger partial charge in [0.2, 0.25) is 0 Å². The van der Waals surface area contributed by atoms with E-state index in [1.807, 2.05) is 0 Å². The van der Waals surface area contributed by atoms with Crippen LogP contribution in [0.5, 0.6) is 0 Å². The topological polar surface area (TPSA) is 3.24 Å². The van der Waals surface area contributed by atoms with Crippen molar-refractivity contribution in [1.29, 1.82) is 0 Å². The van der Waals surface area contributed by atoms with Gasteiger partial charge < -0.3 is 4.90 Å². The van der Waals surface area contributed by atoms with E-state index in [0.29, 0.717) is 0 Å². The molecule has 0 radical (unpaired) electrons. The van der Waals surface area contributed by atoms with Crippen molar-refractivity contribution in [3.63, 3.8) is 0 Å². The second-order valence-electron chi connectivity index (χ2n) is 16.4. The molecule has 0 aromatic heterocycles. The van der Waals surface area contributed by atoms with Crippen molar-refractivity contribution in [1.82, 2.24) is 0 Å². The molecule has 63 heavy (non-hydrogen) atoms. The molecule has 0 unspecified atom stereocenters. The van der Waals surface area contributed by atoms with Gasteiger partial charge in [0.1, 0.15) is 0 Å². The monoisotopic (exact) mass is 799 g/mol. The Morgan fingerprint density at radius 1 is 0.206 bits per heavy atom. The summed E-state index contributed by atoms with van der Waals surface area (Å²) in [6.07, 6.45) is 0. The normalized spacial score (nSPS) is 11.5. The van der Waals surface area contributed by atoms with Crippen LogP contribution < -0.4 is 4.90 Å². The van der Waals surface area contributed by atoms with Gasteiger partial charge in [0, 0.05) is 16.8 Å². The number of hydrogen-bond acceptors (Lipinski definition) is 1. The molecule has 1 nitrogen and oxygen atoms in total. The van der Waals surface area contributed by atoms with Crippen LogP contribution in [0.15, 0.2) is 249 Å². The summed E-state index contributed by atoms with van der Waals surface area (Å²) in [4.78, 5) is 2.48. The van der Waals surface area contributed by atoms with Crippen LogP contribution in [0.4, 0.5) is 17.1 Å². The molecule has 0 amide bonds. The van der Waals surface area contributed by atoms with E-state index < -0.39 is 0 Å². The molecule has 0 saturated carbocycles. The Kier molecular flexibility index (Phi) is 8.90. The smallest absolute Gasteiger partial charge is 0.0540 e. The third kappa shape index (κ3) is 6.42. The molecule has 0 aliphatic rings. The number of fused-ring (bicyclic) bond motifs is 7. The average molecular weight is 800 g/mol. The van der Waals surface area contributed by atoms with Crippen LogP contribution in [0.2, 0.25) is 0 Å². The van der Waals surface area contributed by atoms with Crippen LogP contribution in [0.1, 0.15) is 0 Å². The summed E-state index contributed by atoms with van der Waals surface area (Å²) < 4.78 is 0. The fraction of sp³-hybridized carbons (Fsp3) is 0. The predicted octanol–water partition coefficient (Wildman–Crippen LogP) is 17.6. The fourth-order valence-electron chi connectivity index (χ4n) is 9.79. The van der Waals surface area contributed by atoms with E-state index in [1.165, 1.54) is 87.2 Å². The van der Waals surface area contributed by atoms with Crippen molar-refractivity contribution >= 4 is 70.9 Å². The molecule has 0 spiro atoms. The van der Waals surface area contributed by atoms with Gasteiger partial charge in [-0.1, -0.05) is 206 Å². The molecule has 0 atom stereocenters. The van der Waals surface area contributed by atoms with Crippen LogP contribution >= 0.6 is 0 Å².